The van der Waals surface area contributed by atoms with E-state index in [0.717, 1.165) is 24.3 Å². The summed E-state index contributed by atoms with van der Waals surface area (Å²) in [5.74, 6) is 1.50. The molecule has 0 saturated carbocycles. The molecule has 1 aliphatic rings. The van der Waals surface area contributed by atoms with Crippen LogP contribution in [0.3, 0.4) is 0 Å². The first-order valence-corrected chi connectivity index (χ1v) is 8.63. The summed E-state index contributed by atoms with van der Waals surface area (Å²) in [5, 5.41) is 2.98. The minimum atomic E-state index is -2.29. The van der Waals surface area contributed by atoms with Gasteiger partial charge in [0.2, 0.25) is 5.91 Å². The summed E-state index contributed by atoms with van der Waals surface area (Å²) in [5.41, 5.74) is 0. The highest BCUT2D eigenvalue weighted by atomic mass is 19.3. The van der Waals surface area contributed by atoms with Gasteiger partial charge in [-0.05, 0) is 43.5 Å². The molecular weight excluding hydrogens is 330 g/mol. The molecule has 5 nitrogen and oxygen atoms in total. The number of nitrogens with zero attached hydrogens (tertiary/aromatic N) is 1. The van der Waals surface area contributed by atoms with Crippen molar-refractivity contribution in [1.82, 2.24) is 10.2 Å². The number of carbonyl (C=O) groups is 1. The molecule has 0 bridgehead atoms. The van der Waals surface area contributed by atoms with E-state index in [2.05, 4.69) is 5.32 Å². The van der Waals surface area contributed by atoms with Crippen LogP contribution >= 0.6 is 0 Å². The van der Waals surface area contributed by atoms with E-state index in [0.29, 0.717) is 32.5 Å². The van der Waals surface area contributed by atoms with Gasteiger partial charge in [0.1, 0.15) is 11.5 Å². The number of hydrogen-bond acceptors (Lipinski definition) is 4. The third-order valence-electron chi connectivity index (χ3n) is 4.23. The number of amides is 1. The van der Waals surface area contributed by atoms with Crippen LogP contribution in [-0.4, -0.2) is 56.6 Å². The van der Waals surface area contributed by atoms with E-state index in [1.807, 2.05) is 24.3 Å². The number of benzene rings is 1. The van der Waals surface area contributed by atoms with Gasteiger partial charge in [-0.1, -0.05) is 0 Å². The highest BCUT2D eigenvalue weighted by molar-refractivity contribution is 5.76. The van der Waals surface area contributed by atoms with Crippen LogP contribution in [-0.2, 0) is 4.79 Å². The number of hydrogen-bond donors (Lipinski definition) is 1. The number of carbonyl (C=O) groups excluding carboxylic acids is 1. The van der Waals surface area contributed by atoms with Gasteiger partial charge in [-0.3, -0.25) is 9.69 Å². The predicted octanol–water partition coefficient (Wildman–Crippen LogP) is 2.70. The van der Waals surface area contributed by atoms with E-state index >= 15 is 0 Å². The van der Waals surface area contributed by atoms with Gasteiger partial charge in [0.15, 0.2) is 0 Å². The van der Waals surface area contributed by atoms with E-state index in [4.69, 9.17) is 9.47 Å². The van der Waals surface area contributed by atoms with Crippen molar-refractivity contribution < 1.29 is 23.0 Å². The van der Waals surface area contributed by atoms with Crippen molar-refractivity contribution in [2.45, 2.75) is 38.2 Å². The Morgan fingerprint density at radius 3 is 2.48 bits per heavy atom. The molecular formula is C18H26F2N2O3. The molecule has 1 heterocycles. The van der Waals surface area contributed by atoms with Crippen molar-refractivity contribution >= 4 is 5.91 Å². The van der Waals surface area contributed by atoms with Gasteiger partial charge < -0.3 is 14.8 Å². The molecule has 0 atom stereocenters. The van der Waals surface area contributed by atoms with Crippen LogP contribution in [0.5, 0.6) is 11.5 Å². The lowest BCUT2D eigenvalue weighted by atomic mass is 10.0. The third-order valence-corrected chi connectivity index (χ3v) is 4.23. The van der Waals surface area contributed by atoms with Crippen LogP contribution in [0, 0.1) is 0 Å². The molecule has 1 fully saturated rings. The smallest absolute Gasteiger partial charge is 0.251 e. The standard InChI is InChI=1S/C18H26F2N2O3/c1-24-15-4-6-16(7-5-15)25-12-2-3-18(23)21-14-8-10-22(11-9-14)13-17(19)20/h4-7,14,17H,2-3,8-13H2,1H3,(H,21,23). The van der Waals surface area contributed by atoms with Crippen LogP contribution in [0.15, 0.2) is 24.3 Å². The first-order valence-electron chi connectivity index (χ1n) is 8.63. The Labute approximate surface area is 147 Å². The highest BCUT2D eigenvalue weighted by Gasteiger charge is 2.22. The maximum atomic E-state index is 12.3. The lowest BCUT2D eigenvalue weighted by Crippen LogP contribution is -2.45. The monoisotopic (exact) mass is 356 g/mol. The molecule has 1 amide bonds. The fraction of sp³-hybridized carbons (Fsp3) is 0.611. The molecule has 1 saturated heterocycles. The zero-order chi connectivity index (χ0) is 18.1. The second kappa shape index (κ2) is 10.2. The first kappa shape index (κ1) is 19.4. The molecule has 140 valence electrons. The zero-order valence-corrected chi connectivity index (χ0v) is 14.5. The van der Waals surface area contributed by atoms with Crippen LogP contribution in [0.2, 0.25) is 0 Å². The Hall–Kier alpha value is -1.89. The number of methoxy groups -OCH3 is 1. The second-order valence-corrected chi connectivity index (χ2v) is 6.16. The molecule has 7 heteroatoms. The third kappa shape index (κ3) is 7.25. The Kier molecular flexibility index (Phi) is 7.91. The van der Waals surface area contributed by atoms with Crippen molar-refractivity contribution in [3.63, 3.8) is 0 Å². The number of nitrogens with one attached hydrogen (secondary N) is 1. The second-order valence-electron chi connectivity index (χ2n) is 6.16. The van der Waals surface area contributed by atoms with Crippen molar-refractivity contribution in [1.29, 1.82) is 0 Å². The summed E-state index contributed by atoms with van der Waals surface area (Å²) < 4.78 is 35.3. The van der Waals surface area contributed by atoms with E-state index in [-0.39, 0.29) is 18.5 Å². The van der Waals surface area contributed by atoms with Gasteiger partial charge >= 0.3 is 0 Å². The summed E-state index contributed by atoms with van der Waals surface area (Å²) in [6, 6.07) is 7.38. The van der Waals surface area contributed by atoms with Crippen molar-refractivity contribution in [3.8, 4) is 11.5 Å². The maximum Gasteiger partial charge on any atom is 0.251 e. The predicted molar refractivity (Wildman–Crippen MR) is 91.3 cm³/mol. The van der Waals surface area contributed by atoms with Gasteiger partial charge in [0.05, 0.1) is 20.3 Å². The number of likely N-dealkylation sites (tertiary alicyclic amines) is 1. The molecule has 0 radical (unpaired) electrons. The van der Waals surface area contributed by atoms with Gasteiger partial charge in [-0.15, -0.1) is 0 Å². The molecule has 1 aromatic rings. The lowest BCUT2D eigenvalue weighted by molar-refractivity contribution is -0.122. The Morgan fingerprint density at radius 1 is 1.24 bits per heavy atom. The largest absolute Gasteiger partial charge is 0.497 e. The van der Waals surface area contributed by atoms with Crippen LogP contribution in [0.4, 0.5) is 8.78 Å². The molecule has 2 rings (SSSR count). The number of halogens is 2. The quantitative estimate of drug-likeness (QED) is 0.691. The van der Waals surface area contributed by atoms with Gasteiger partial charge in [0, 0.05) is 25.6 Å². The minimum absolute atomic E-state index is 0.00867. The van der Waals surface area contributed by atoms with Crippen molar-refractivity contribution in [2.24, 2.45) is 0 Å². The summed E-state index contributed by atoms with van der Waals surface area (Å²) in [6.45, 7) is 1.50. The molecule has 25 heavy (non-hydrogen) atoms. The lowest BCUT2D eigenvalue weighted by Gasteiger charge is -2.32. The van der Waals surface area contributed by atoms with Gasteiger partial charge in [-0.25, -0.2) is 8.78 Å². The number of rotatable bonds is 9. The average molecular weight is 356 g/mol. The van der Waals surface area contributed by atoms with E-state index in [1.165, 1.54) is 0 Å². The van der Waals surface area contributed by atoms with Crippen LogP contribution in [0.1, 0.15) is 25.7 Å². The Balaban J connectivity index is 1.56. The Bertz CT molecular complexity index is 518. The minimum Gasteiger partial charge on any atom is -0.497 e. The number of alkyl halides is 2. The fourth-order valence-corrected chi connectivity index (χ4v) is 2.85. The van der Waals surface area contributed by atoms with E-state index in [1.54, 1.807) is 12.0 Å². The average Bonchev–Trinajstić information content (AvgIpc) is 2.60. The van der Waals surface area contributed by atoms with Crippen LogP contribution < -0.4 is 14.8 Å². The molecule has 0 spiro atoms. The molecule has 1 aliphatic heterocycles. The van der Waals surface area contributed by atoms with Crippen molar-refractivity contribution in [3.05, 3.63) is 24.3 Å². The molecule has 0 unspecified atom stereocenters. The normalized spacial score (nSPS) is 16.0. The highest BCUT2D eigenvalue weighted by Crippen LogP contribution is 2.17. The molecule has 1 N–H and O–H groups in total. The SMILES string of the molecule is COc1ccc(OCCCC(=O)NC2CCN(CC(F)F)CC2)cc1. The number of piperidine rings is 1. The fourth-order valence-electron chi connectivity index (χ4n) is 2.85. The van der Waals surface area contributed by atoms with Gasteiger partial charge in [-0.2, -0.15) is 0 Å². The maximum absolute atomic E-state index is 12.3. The van der Waals surface area contributed by atoms with E-state index in [9.17, 15) is 13.6 Å². The summed E-state index contributed by atoms with van der Waals surface area (Å²) in [4.78, 5) is 13.7. The van der Waals surface area contributed by atoms with Crippen LogP contribution in [0.25, 0.3) is 0 Å². The zero-order valence-electron chi connectivity index (χ0n) is 14.5. The Morgan fingerprint density at radius 2 is 1.88 bits per heavy atom. The molecule has 0 aliphatic carbocycles. The van der Waals surface area contributed by atoms with E-state index < -0.39 is 6.43 Å². The summed E-state index contributed by atoms with van der Waals surface area (Å²) in [7, 11) is 1.61. The topological polar surface area (TPSA) is 50.8 Å². The molecule has 0 aromatic heterocycles. The van der Waals surface area contributed by atoms with Gasteiger partial charge in [0.25, 0.3) is 6.43 Å². The summed E-state index contributed by atoms with van der Waals surface area (Å²) >= 11 is 0. The number of ether oxygens (including phenoxy) is 2. The molecule has 1 aromatic carbocycles. The first-order chi connectivity index (χ1) is 12.1. The van der Waals surface area contributed by atoms with Crippen molar-refractivity contribution in [2.75, 3.05) is 33.4 Å². The summed E-state index contributed by atoms with van der Waals surface area (Å²) in [6.07, 6.45) is 0.175.